The number of nitrogens with zero attached hydrogens (tertiary/aromatic N) is 4. The fraction of sp³-hybridized carbons (Fsp3) is 0.167. The Bertz CT molecular complexity index is 1000. The van der Waals surface area contributed by atoms with Crippen LogP contribution < -0.4 is 15.4 Å². The summed E-state index contributed by atoms with van der Waals surface area (Å²) in [5.41, 5.74) is 1.21. The minimum Gasteiger partial charge on any atom is -0.495 e. The number of aromatic nitrogens is 4. The van der Waals surface area contributed by atoms with Crippen LogP contribution in [0.25, 0.3) is 11.4 Å². The molecule has 0 saturated heterocycles. The van der Waals surface area contributed by atoms with Crippen molar-refractivity contribution < 1.29 is 14.3 Å². The first-order chi connectivity index (χ1) is 13.2. The quantitative estimate of drug-likeness (QED) is 0.731. The molecule has 0 saturated carbocycles. The SMILES string of the molecule is COc1ccccc1NC(=O)[C@H]1CC(=O)Nc2nc(-c3cccnc3)nn21. The highest BCUT2D eigenvalue weighted by atomic mass is 16.5. The first-order valence-electron chi connectivity index (χ1n) is 8.26. The van der Waals surface area contributed by atoms with E-state index < -0.39 is 6.04 Å². The molecule has 1 aliphatic rings. The molecule has 4 rings (SSSR count). The van der Waals surface area contributed by atoms with Crippen molar-refractivity contribution >= 4 is 23.5 Å². The van der Waals surface area contributed by atoms with Crippen molar-refractivity contribution in [1.82, 2.24) is 19.7 Å². The van der Waals surface area contributed by atoms with Crippen molar-refractivity contribution in [3.05, 3.63) is 48.8 Å². The van der Waals surface area contributed by atoms with Crippen LogP contribution in [0.1, 0.15) is 12.5 Å². The smallest absolute Gasteiger partial charge is 0.250 e. The van der Waals surface area contributed by atoms with Gasteiger partial charge in [-0.05, 0) is 24.3 Å². The number of rotatable bonds is 4. The molecule has 1 aromatic carbocycles. The number of benzene rings is 1. The number of anilines is 2. The standard InChI is InChI=1S/C18H16N6O3/c1-27-14-7-3-2-6-12(14)20-17(26)13-9-15(25)21-18-22-16(23-24(13)18)11-5-4-8-19-10-11/h2-8,10,13H,9H2,1H3,(H,20,26)(H,21,22,23,25)/t13-/m1/s1. The molecule has 0 fully saturated rings. The molecule has 1 aliphatic heterocycles. The second kappa shape index (κ2) is 6.87. The highest BCUT2D eigenvalue weighted by Gasteiger charge is 2.33. The number of fused-ring (bicyclic) bond motifs is 1. The number of pyridine rings is 1. The van der Waals surface area contributed by atoms with Crippen molar-refractivity contribution in [2.24, 2.45) is 0 Å². The van der Waals surface area contributed by atoms with Crippen LogP contribution in [0.4, 0.5) is 11.6 Å². The molecule has 0 aliphatic carbocycles. The fourth-order valence-corrected chi connectivity index (χ4v) is 2.85. The van der Waals surface area contributed by atoms with E-state index in [0.29, 0.717) is 22.8 Å². The lowest BCUT2D eigenvalue weighted by Gasteiger charge is -2.22. The van der Waals surface area contributed by atoms with Gasteiger partial charge in [-0.3, -0.25) is 19.9 Å². The Morgan fingerprint density at radius 2 is 2.15 bits per heavy atom. The van der Waals surface area contributed by atoms with Crippen LogP contribution in [-0.4, -0.2) is 38.7 Å². The van der Waals surface area contributed by atoms with Crippen molar-refractivity contribution in [3.8, 4) is 17.1 Å². The lowest BCUT2D eigenvalue weighted by molar-refractivity contribution is -0.125. The summed E-state index contributed by atoms with van der Waals surface area (Å²) in [5, 5.41) is 9.84. The van der Waals surface area contributed by atoms with Crippen LogP contribution in [-0.2, 0) is 9.59 Å². The summed E-state index contributed by atoms with van der Waals surface area (Å²) in [6.07, 6.45) is 3.22. The van der Waals surface area contributed by atoms with Gasteiger partial charge in [0, 0.05) is 18.0 Å². The van der Waals surface area contributed by atoms with Gasteiger partial charge in [-0.1, -0.05) is 12.1 Å². The van der Waals surface area contributed by atoms with Crippen molar-refractivity contribution in [1.29, 1.82) is 0 Å². The number of methoxy groups -OCH3 is 1. The molecular weight excluding hydrogens is 348 g/mol. The molecule has 0 radical (unpaired) electrons. The summed E-state index contributed by atoms with van der Waals surface area (Å²) in [7, 11) is 1.52. The van der Waals surface area contributed by atoms with E-state index in [-0.39, 0.29) is 24.2 Å². The van der Waals surface area contributed by atoms with E-state index in [2.05, 4.69) is 25.7 Å². The predicted molar refractivity (Wildman–Crippen MR) is 97.2 cm³/mol. The Kier molecular flexibility index (Phi) is 4.25. The van der Waals surface area contributed by atoms with E-state index >= 15 is 0 Å². The van der Waals surface area contributed by atoms with E-state index in [9.17, 15) is 9.59 Å². The number of nitrogens with one attached hydrogen (secondary N) is 2. The molecule has 0 unspecified atom stereocenters. The van der Waals surface area contributed by atoms with Gasteiger partial charge >= 0.3 is 0 Å². The highest BCUT2D eigenvalue weighted by molar-refractivity contribution is 6.01. The molecule has 27 heavy (non-hydrogen) atoms. The van der Waals surface area contributed by atoms with Crippen LogP contribution in [0, 0.1) is 0 Å². The zero-order valence-corrected chi connectivity index (χ0v) is 14.4. The minimum atomic E-state index is -0.823. The first-order valence-corrected chi connectivity index (χ1v) is 8.26. The lowest BCUT2D eigenvalue weighted by Crippen LogP contribution is -2.36. The Morgan fingerprint density at radius 3 is 2.93 bits per heavy atom. The van der Waals surface area contributed by atoms with Crippen molar-refractivity contribution in [3.63, 3.8) is 0 Å². The Morgan fingerprint density at radius 1 is 1.30 bits per heavy atom. The molecular formula is C18H16N6O3. The minimum absolute atomic E-state index is 0.0379. The average Bonchev–Trinajstić information content (AvgIpc) is 3.12. The third-order valence-corrected chi connectivity index (χ3v) is 4.14. The molecule has 2 aromatic heterocycles. The number of hydrogen-bond acceptors (Lipinski definition) is 6. The Hall–Kier alpha value is -3.75. The molecule has 3 aromatic rings. The summed E-state index contributed by atoms with van der Waals surface area (Å²) in [4.78, 5) is 33.3. The lowest BCUT2D eigenvalue weighted by atomic mass is 10.1. The van der Waals surface area contributed by atoms with E-state index in [4.69, 9.17) is 4.74 Å². The van der Waals surface area contributed by atoms with Crippen LogP contribution in [0.2, 0.25) is 0 Å². The maximum absolute atomic E-state index is 12.8. The number of carbonyl (C=O) groups excluding carboxylic acids is 2. The zero-order valence-electron chi connectivity index (χ0n) is 14.4. The Labute approximate surface area is 154 Å². The topological polar surface area (TPSA) is 111 Å². The summed E-state index contributed by atoms with van der Waals surface area (Å²) < 4.78 is 6.68. The molecule has 9 nitrogen and oxygen atoms in total. The van der Waals surface area contributed by atoms with E-state index in [1.54, 1.807) is 48.8 Å². The molecule has 9 heteroatoms. The second-order valence-corrected chi connectivity index (χ2v) is 5.90. The number of amides is 2. The van der Waals surface area contributed by atoms with Crippen LogP contribution in [0.15, 0.2) is 48.8 Å². The zero-order chi connectivity index (χ0) is 18.8. The molecule has 0 bridgehead atoms. The van der Waals surface area contributed by atoms with Gasteiger partial charge in [-0.2, -0.15) is 4.98 Å². The van der Waals surface area contributed by atoms with Crippen LogP contribution in [0.5, 0.6) is 5.75 Å². The number of para-hydroxylation sites is 2. The summed E-state index contributed by atoms with van der Waals surface area (Å²) in [6.45, 7) is 0. The highest BCUT2D eigenvalue weighted by Crippen LogP contribution is 2.29. The fourth-order valence-electron chi connectivity index (χ4n) is 2.85. The van der Waals surface area contributed by atoms with Gasteiger partial charge in [-0.25, -0.2) is 4.68 Å². The van der Waals surface area contributed by atoms with Gasteiger partial charge in [0.05, 0.1) is 19.2 Å². The summed E-state index contributed by atoms with van der Waals surface area (Å²) >= 11 is 0. The third kappa shape index (κ3) is 3.22. The van der Waals surface area contributed by atoms with Gasteiger partial charge in [0.2, 0.25) is 17.8 Å². The summed E-state index contributed by atoms with van der Waals surface area (Å²) in [5.74, 6) is 0.465. The second-order valence-electron chi connectivity index (χ2n) is 5.90. The third-order valence-electron chi connectivity index (χ3n) is 4.14. The van der Waals surface area contributed by atoms with Crippen LogP contribution >= 0.6 is 0 Å². The molecule has 2 amide bonds. The summed E-state index contributed by atoms with van der Waals surface area (Å²) in [6, 6.07) is 9.80. The number of hydrogen-bond donors (Lipinski definition) is 2. The van der Waals surface area contributed by atoms with Gasteiger partial charge in [0.25, 0.3) is 0 Å². The van der Waals surface area contributed by atoms with E-state index in [0.717, 1.165) is 0 Å². The molecule has 0 spiro atoms. The molecule has 3 heterocycles. The van der Waals surface area contributed by atoms with Crippen molar-refractivity contribution in [2.45, 2.75) is 12.5 Å². The maximum atomic E-state index is 12.8. The van der Waals surface area contributed by atoms with Crippen molar-refractivity contribution in [2.75, 3.05) is 17.7 Å². The van der Waals surface area contributed by atoms with E-state index in [1.165, 1.54) is 11.8 Å². The molecule has 136 valence electrons. The van der Waals surface area contributed by atoms with Crippen LogP contribution in [0.3, 0.4) is 0 Å². The predicted octanol–water partition coefficient (Wildman–Crippen LogP) is 1.87. The first kappa shape index (κ1) is 16.7. The number of ether oxygens (including phenoxy) is 1. The maximum Gasteiger partial charge on any atom is 0.250 e. The monoisotopic (exact) mass is 364 g/mol. The van der Waals surface area contributed by atoms with Gasteiger partial charge in [0.1, 0.15) is 11.8 Å². The normalized spacial score (nSPS) is 15.6. The van der Waals surface area contributed by atoms with Gasteiger partial charge in [-0.15, -0.1) is 5.10 Å². The molecule has 2 N–H and O–H groups in total. The van der Waals surface area contributed by atoms with E-state index in [1.807, 2.05) is 0 Å². The number of carbonyl (C=O) groups is 2. The van der Waals surface area contributed by atoms with Gasteiger partial charge in [0.15, 0.2) is 5.82 Å². The average molecular weight is 364 g/mol. The largest absolute Gasteiger partial charge is 0.495 e. The Balaban J connectivity index is 1.65. The van der Waals surface area contributed by atoms with Gasteiger partial charge < -0.3 is 10.1 Å². The molecule has 1 atom stereocenters.